The molecule has 5 nitrogen and oxygen atoms in total. The summed E-state index contributed by atoms with van der Waals surface area (Å²) in [4.78, 5) is 25.6. The molecule has 0 saturated heterocycles. The highest BCUT2D eigenvalue weighted by molar-refractivity contribution is 5.91. The number of benzene rings is 2. The minimum absolute atomic E-state index is 0.0320. The summed E-state index contributed by atoms with van der Waals surface area (Å²) in [5.74, 6) is 0.670. The van der Waals surface area contributed by atoms with E-state index in [2.05, 4.69) is 5.32 Å². The third-order valence-electron chi connectivity index (χ3n) is 3.92. The van der Waals surface area contributed by atoms with Crippen LogP contribution in [0.1, 0.15) is 18.9 Å². The minimum atomic E-state index is -0.0983. The Balaban J connectivity index is 1.83. The van der Waals surface area contributed by atoms with Crippen LogP contribution >= 0.6 is 0 Å². The summed E-state index contributed by atoms with van der Waals surface area (Å²) in [6, 6.07) is 17.1. The van der Waals surface area contributed by atoms with Gasteiger partial charge in [0.2, 0.25) is 11.8 Å². The normalized spacial score (nSPS) is 10.2. The molecule has 0 radical (unpaired) electrons. The van der Waals surface area contributed by atoms with Gasteiger partial charge in [0.25, 0.3) is 0 Å². The maximum atomic E-state index is 12.0. The Morgan fingerprint density at radius 3 is 2.48 bits per heavy atom. The van der Waals surface area contributed by atoms with Crippen LogP contribution in [0.25, 0.3) is 0 Å². The predicted molar refractivity (Wildman–Crippen MR) is 98.6 cm³/mol. The fourth-order valence-electron chi connectivity index (χ4n) is 2.50. The lowest BCUT2D eigenvalue weighted by Crippen LogP contribution is -2.33. The average molecular weight is 340 g/mol. The molecule has 2 aromatic rings. The second kappa shape index (κ2) is 9.47. The van der Waals surface area contributed by atoms with Crippen LogP contribution in [0.5, 0.6) is 5.75 Å². The number of hydrogen-bond donors (Lipinski definition) is 1. The van der Waals surface area contributed by atoms with E-state index in [0.29, 0.717) is 13.1 Å². The molecule has 0 saturated carbocycles. The van der Waals surface area contributed by atoms with Crippen molar-refractivity contribution in [2.45, 2.75) is 19.8 Å². The molecule has 132 valence electrons. The Morgan fingerprint density at radius 2 is 1.80 bits per heavy atom. The minimum Gasteiger partial charge on any atom is -0.497 e. The number of para-hydroxylation sites is 1. The molecule has 0 aliphatic heterocycles. The van der Waals surface area contributed by atoms with Crippen molar-refractivity contribution in [3.63, 3.8) is 0 Å². The van der Waals surface area contributed by atoms with Crippen molar-refractivity contribution in [1.82, 2.24) is 4.90 Å². The van der Waals surface area contributed by atoms with Crippen molar-refractivity contribution in [3.05, 3.63) is 60.2 Å². The van der Waals surface area contributed by atoms with E-state index in [0.717, 1.165) is 23.4 Å². The van der Waals surface area contributed by atoms with Crippen molar-refractivity contribution in [3.8, 4) is 5.75 Å². The number of ether oxygens (including phenoxy) is 1. The molecule has 0 fully saturated rings. The molecule has 0 heterocycles. The van der Waals surface area contributed by atoms with Gasteiger partial charge in [0.15, 0.2) is 0 Å². The lowest BCUT2D eigenvalue weighted by Gasteiger charge is -2.21. The van der Waals surface area contributed by atoms with Crippen molar-refractivity contribution in [2.75, 3.05) is 25.5 Å². The summed E-state index contributed by atoms with van der Waals surface area (Å²) < 4.78 is 5.21. The lowest BCUT2D eigenvalue weighted by atomic mass is 10.1. The molecule has 0 bridgehead atoms. The number of amides is 2. The molecular formula is C20H24N2O3. The highest BCUT2D eigenvalue weighted by atomic mass is 16.5. The summed E-state index contributed by atoms with van der Waals surface area (Å²) >= 11 is 0. The fraction of sp³-hybridized carbons (Fsp3) is 0.300. The Labute approximate surface area is 148 Å². The van der Waals surface area contributed by atoms with Gasteiger partial charge < -0.3 is 15.0 Å². The van der Waals surface area contributed by atoms with Crippen LogP contribution in [-0.2, 0) is 16.0 Å². The first-order chi connectivity index (χ1) is 12.1. The molecule has 2 aromatic carbocycles. The molecule has 5 heteroatoms. The molecule has 1 N–H and O–H groups in total. The number of anilines is 1. The number of nitrogens with one attached hydrogen (secondary N) is 1. The maximum Gasteiger partial charge on any atom is 0.226 e. The van der Waals surface area contributed by atoms with Gasteiger partial charge >= 0.3 is 0 Å². The average Bonchev–Trinajstić information content (AvgIpc) is 2.62. The molecule has 2 amide bonds. The van der Waals surface area contributed by atoms with Crippen molar-refractivity contribution in [2.24, 2.45) is 0 Å². The van der Waals surface area contributed by atoms with Crippen LogP contribution in [0, 0.1) is 0 Å². The number of nitrogens with zero attached hydrogens (tertiary/aromatic N) is 1. The maximum absolute atomic E-state index is 12.0. The standard InChI is InChI=1S/C20H24N2O3/c1-16(23)22(13-11-17-7-6-10-19(15-17)25-2)14-12-20(24)21-18-8-4-3-5-9-18/h3-10,15H,11-14H2,1-2H3,(H,21,24). The molecule has 0 aliphatic rings. The van der Waals surface area contributed by atoms with Crippen LogP contribution in [0.3, 0.4) is 0 Å². The SMILES string of the molecule is COc1cccc(CCN(CCC(=O)Nc2ccccc2)C(C)=O)c1. The molecule has 25 heavy (non-hydrogen) atoms. The van der Waals surface area contributed by atoms with E-state index < -0.39 is 0 Å². The van der Waals surface area contributed by atoms with Crippen LogP contribution in [0.4, 0.5) is 5.69 Å². The summed E-state index contributed by atoms with van der Waals surface area (Å²) in [5, 5.41) is 2.83. The Bertz CT molecular complexity index is 701. The van der Waals surface area contributed by atoms with Gasteiger partial charge in [0, 0.05) is 32.1 Å². The first kappa shape index (κ1) is 18.5. The zero-order valence-electron chi connectivity index (χ0n) is 14.7. The van der Waals surface area contributed by atoms with E-state index in [1.54, 1.807) is 12.0 Å². The van der Waals surface area contributed by atoms with E-state index >= 15 is 0 Å². The van der Waals surface area contributed by atoms with Gasteiger partial charge in [-0.3, -0.25) is 9.59 Å². The number of methoxy groups -OCH3 is 1. The molecule has 0 aromatic heterocycles. The number of carbonyl (C=O) groups excluding carboxylic acids is 2. The predicted octanol–water partition coefficient (Wildman–Crippen LogP) is 3.12. The van der Waals surface area contributed by atoms with Crippen LogP contribution in [0.2, 0.25) is 0 Å². The summed E-state index contributed by atoms with van der Waals surface area (Å²) in [6.07, 6.45) is 0.990. The van der Waals surface area contributed by atoms with Gasteiger partial charge in [-0.1, -0.05) is 30.3 Å². The zero-order chi connectivity index (χ0) is 18.1. The third-order valence-corrected chi connectivity index (χ3v) is 3.92. The fourth-order valence-corrected chi connectivity index (χ4v) is 2.50. The summed E-state index contributed by atoms with van der Waals surface area (Å²) in [7, 11) is 1.63. The van der Waals surface area contributed by atoms with E-state index in [1.165, 1.54) is 6.92 Å². The Hall–Kier alpha value is -2.82. The molecule has 0 atom stereocenters. The van der Waals surface area contributed by atoms with E-state index in [4.69, 9.17) is 4.74 Å². The van der Waals surface area contributed by atoms with Gasteiger partial charge in [0.1, 0.15) is 5.75 Å². The highest BCUT2D eigenvalue weighted by Gasteiger charge is 2.11. The number of hydrogen-bond acceptors (Lipinski definition) is 3. The van der Waals surface area contributed by atoms with Crippen LogP contribution in [0.15, 0.2) is 54.6 Å². The first-order valence-corrected chi connectivity index (χ1v) is 8.32. The van der Waals surface area contributed by atoms with Crippen molar-refractivity contribution in [1.29, 1.82) is 0 Å². The molecule has 2 rings (SSSR count). The van der Waals surface area contributed by atoms with Gasteiger partial charge in [-0.2, -0.15) is 0 Å². The van der Waals surface area contributed by atoms with Gasteiger partial charge in [-0.05, 0) is 36.2 Å². The van der Waals surface area contributed by atoms with E-state index in [9.17, 15) is 9.59 Å². The van der Waals surface area contributed by atoms with Crippen LogP contribution < -0.4 is 10.1 Å². The van der Waals surface area contributed by atoms with E-state index in [1.807, 2.05) is 54.6 Å². The second-order valence-corrected chi connectivity index (χ2v) is 5.77. The topological polar surface area (TPSA) is 58.6 Å². The Morgan fingerprint density at radius 1 is 1.04 bits per heavy atom. The molecule has 0 unspecified atom stereocenters. The van der Waals surface area contributed by atoms with Crippen LogP contribution in [-0.4, -0.2) is 36.9 Å². The third kappa shape index (κ3) is 6.30. The lowest BCUT2D eigenvalue weighted by molar-refractivity contribution is -0.129. The van der Waals surface area contributed by atoms with E-state index in [-0.39, 0.29) is 18.2 Å². The smallest absolute Gasteiger partial charge is 0.226 e. The monoisotopic (exact) mass is 340 g/mol. The zero-order valence-corrected chi connectivity index (χ0v) is 14.7. The first-order valence-electron chi connectivity index (χ1n) is 8.32. The summed E-state index contributed by atoms with van der Waals surface area (Å²) in [6.45, 7) is 2.50. The number of rotatable bonds is 8. The van der Waals surface area contributed by atoms with Gasteiger partial charge in [-0.25, -0.2) is 0 Å². The second-order valence-electron chi connectivity index (χ2n) is 5.77. The molecule has 0 aliphatic carbocycles. The van der Waals surface area contributed by atoms with Crippen molar-refractivity contribution < 1.29 is 14.3 Å². The number of carbonyl (C=O) groups is 2. The molecular weight excluding hydrogens is 316 g/mol. The van der Waals surface area contributed by atoms with Crippen molar-refractivity contribution >= 4 is 17.5 Å². The van der Waals surface area contributed by atoms with Gasteiger partial charge in [-0.15, -0.1) is 0 Å². The largest absolute Gasteiger partial charge is 0.497 e. The van der Waals surface area contributed by atoms with Gasteiger partial charge in [0.05, 0.1) is 7.11 Å². The summed E-state index contributed by atoms with van der Waals surface area (Å²) in [5.41, 5.74) is 1.86. The highest BCUT2D eigenvalue weighted by Crippen LogP contribution is 2.13. The molecule has 0 spiro atoms. The Kier molecular flexibility index (Phi) is 7.01. The quantitative estimate of drug-likeness (QED) is 0.803.